The van der Waals surface area contributed by atoms with Crippen molar-refractivity contribution in [2.45, 2.75) is 74.4 Å². The molecule has 2 aromatic carbocycles. The Morgan fingerprint density at radius 1 is 1.06 bits per heavy atom. The van der Waals surface area contributed by atoms with Crippen molar-refractivity contribution in [3.8, 4) is 11.4 Å². The van der Waals surface area contributed by atoms with E-state index in [2.05, 4.69) is 33.8 Å². The van der Waals surface area contributed by atoms with Gasteiger partial charge < -0.3 is 19.3 Å². The Hall–Kier alpha value is -1.93. The van der Waals surface area contributed by atoms with Gasteiger partial charge in [-0.3, -0.25) is 0 Å². The van der Waals surface area contributed by atoms with Crippen molar-refractivity contribution in [1.29, 1.82) is 0 Å². The molecule has 7 heteroatoms. The summed E-state index contributed by atoms with van der Waals surface area (Å²) in [5.74, 6) is 0.867. The minimum absolute atomic E-state index is 0.231. The van der Waals surface area contributed by atoms with E-state index in [1.54, 1.807) is 6.07 Å². The molecule has 3 atom stereocenters. The van der Waals surface area contributed by atoms with E-state index in [1.165, 1.54) is 75.1 Å². The maximum atomic E-state index is 14.5. The normalized spacial score (nSPS) is 26.5. The quantitative estimate of drug-likeness (QED) is 0.525. The Morgan fingerprint density at radius 2 is 1.77 bits per heavy atom. The highest BCUT2D eigenvalue weighted by molar-refractivity contribution is 7.90. The van der Waals surface area contributed by atoms with Crippen LogP contribution in [0.2, 0.25) is 0 Å². The van der Waals surface area contributed by atoms with Crippen molar-refractivity contribution >= 4 is 22.2 Å². The van der Waals surface area contributed by atoms with Crippen molar-refractivity contribution in [2.75, 3.05) is 19.3 Å². The molecule has 3 fully saturated rings. The van der Waals surface area contributed by atoms with Gasteiger partial charge in [0, 0.05) is 30.7 Å². The smallest absolute Gasteiger partial charge is 0.188 e. The van der Waals surface area contributed by atoms with Gasteiger partial charge in [0.2, 0.25) is 0 Å². The fourth-order valence-electron chi connectivity index (χ4n) is 6.77. The minimum Gasteiger partial charge on any atom is -0.612 e. The summed E-state index contributed by atoms with van der Waals surface area (Å²) in [5.41, 5.74) is 5.34. The predicted molar refractivity (Wildman–Crippen MR) is 140 cm³/mol. The molecule has 0 spiro atoms. The Kier molecular flexibility index (Phi) is 6.16. The van der Waals surface area contributed by atoms with Crippen molar-refractivity contribution < 1.29 is 8.94 Å². The molecule has 3 saturated heterocycles. The van der Waals surface area contributed by atoms with Crippen molar-refractivity contribution in [3.63, 3.8) is 0 Å². The number of aryl methyl sites for hydroxylation is 2. The number of nitrogens with zero attached hydrogens (tertiary/aromatic N) is 3. The van der Waals surface area contributed by atoms with E-state index >= 15 is 0 Å². The van der Waals surface area contributed by atoms with Crippen LogP contribution in [0.25, 0.3) is 22.4 Å². The van der Waals surface area contributed by atoms with Crippen molar-refractivity contribution in [1.82, 2.24) is 19.8 Å². The lowest BCUT2D eigenvalue weighted by Gasteiger charge is -2.41. The lowest BCUT2D eigenvalue weighted by atomic mass is 9.86. The first-order chi connectivity index (χ1) is 16.9. The number of piperidine rings is 2. The van der Waals surface area contributed by atoms with E-state index in [4.69, 9.17) is 4.98 Å². The molecule has 35 heavy (non-hydrogen) atoms. The summed E-state index contributed by atoms with van der Waals surface area (Å²) in [7, 11) is 2.01. The molecule has 3 aliphatic rings. The maximum Gasteiger partial charge on any atom is 0.188 e. The van der Waals surface area contributed by atoms with E-state index in [0.29, 0.717) is 11.5 Å². The van der Waals surface area contributed by atoms with Gasteiger partial charge in [0.15, 0.2) is 10.7 Å². The highest BCUT2D eigenvalue weighted by atomic mass is 32.2. The lowest BCUT2D eigenvalue weighted by molar-refractivity contribution is 0.111. The molecule has 3 aromatic rings. The van der Waals surface area contributed by atoms with E-state index in [0.717, 1.165) is 35.0 Å². The zero-order valence-corrected chi connectivity index (χ0v) is 21.7. The number of hydrogen-bond acceptors (Lipinski definition) is 4. The van der Waals surface area contributed by atoms with Crippen LogP contribution in [-0.2, 0) is 18.2 Å². The van der Waals surface area contributed by atoms with E-state index in [9.17, 15) is 8.94 Å². The molecule has 2 bridgehead atoms. The van der Waals surface area contributed by atoms with E-state index in [1.807, 2.05) is 13.1 Å². The van der Waals surface area contributed by atoms with Gasteiger partial charge in [-0.1, -0.05) is 6.07 Å². The SMILES string of the molecule is Cc1cc(C2CCN(C3CC4CCC(C3)N4)CC2)cc2c1nc(-c1ccc([S+](C)[O-])c(F)c1)n2C. The summed E-state index contributed by atoms with van der Waals surface area (Å²) in [6, 6.07) is 11.7. The molecule has 186 valence electrons. The molecule has 5 nitrogen and oxygen atoms in total. The molecular weight excluding hydrogens is 459 g/mol. The lowest BCUT2D eigenvalue weighted by Crippen LogP contribution is -2.50. The first kappa shape index (κ1) is 23.5. The zero-order valence-electron chi connectivity index (χ0n) is 20.9. The zero-order chi connectivity index (χ0) is 24.3. The third-order valence-electron chi connectivity index (χ3n) is 8.66. The van der Waals surface area contributed by atoms with Gasteiger partial charge in [-0.25, -0.2) is 9.37 Å². The van der Waals surface area contributed by atoms with Gasteiger partial charge in [0.05, 0.1) is 11.0 Å². The summed E-state index contributed by atoms with van der Waals surface area (Å²) >= 11 is -1.35. The van der Waals surface area contributed by atoms with E-state index < -0.39 is 17.0 Å². The average molecular weight is 495 g/mol. The molecule has 6 rings (SSSR count). The predicted octanol–water partition coefficient (Wildman–Crippen LogP) is 4.89. The summed E-state index contributed by atoms with van der Waals surface area (Å²) in [6.45, 7) is 4.51. The summed E-state index contributed by atoms with van der Waals surface area (Å²) in [6.07, 6.45) is 9.26. The van der Waals surface area contributed by atoms with Crippen LogP contribution in [-0.4, -0.2) is 56.5 Å². The maximum absolute atomic E-state index is 14.5. The number of nitrogens with one attached hydrogen (secondary N) is 1. The first-order valence-electron chi connectivity index (χ1n) is 13.0. The van der Waals surface area contributed by atoms with Crippen LogP contribution in [0, 0.1) is 12.7 Å². The van der Waals surface area contributed by atoms with Crippen LogP contribution >= 0.6 is 0 Å². The van der Waals surface area contributed by atoms with Crippen molar-refractivity contribution in [3.05, 3.63) is 47.3 Å². The number of halogens is 1. The molecule has 0 radical (unpaired) electrons. The number of imidazole rings is 1. The molecule has 1 N–H and O–H groups in total. The molecule has 1 aromatic heterocycles. The van der Waals surface area contributed by atoms with Gasteiger partial charge in [0.1, 0.15) is 12.1 Å². The van der Waals surface area contributed by atoms with Crippen LogP contribution in [0.4, 0.5) is 4.39 Å². The second-order valence-electron chi connectivity index (χ2n) is 10.9. The van der Waals surface area contributed by atoms with E-state index in [-0.39, 0.29) is 4.90 Å². The third kappa shape index (κ3) is 4.31. The topological polar surface area (TPSA) is 56.1 Å². The van der Waals surface area contributed by atoms with Gasteiger partial charge in [-0.05, 0) is 111 Å². The monoisotopic (exact) mass is 494 g/mol. The van der Waals surface area contributed by atoms with Crippen LogP contribution in [0.1, 0.15) is 55.6 Å². The molecule has 0 saturated carbocycles. The van der Waals surface area contributed by atoms with Gasteiger partial charge in [-0.15, -0.1) is 0 Å². The largest absolute Gasteiger partial charge is 0.612 e. The Morgan fingerprint density at radius 3 is 2.43 bits per heavy atom. The highest BCUT2D eigenvalue weighted by Gasteiger charge is 2.37. The number of rotatable bonds is 4. The fourth-order valence-corrected chi connectivity index (χ4v) is 7.37. The Labute approximate surface area is 210 Å². The highest BCUT2D eigenvalue weighted by Crippen LogP contribution is 2.37. The summed E-state index contributed by atoms with van der Waals surface area (Å²) < 4.78 is 28.3. The van der Waals surface area contributed by atoms with Gasteiger partial charge in [-0.2, -0.15) is 0 Å². The first-order valence-corrected chi connectivity index (χ1v) is 14.5. The van der Waals surface area contributed by atoms with Crippen LogP contribution in [0.3, 0.4) is 0 Å². The molecule has 3 aliphatic heterocycles. The average Bonchev–Trinajstić information content (AvgIpc) is 3.37. The molecule has 0 aliphatic carbocycles. The number of benzene rings is 2. The number of hydrogen-bond donors (Lipinski definition) is 1. The molecule has 3 unspecified atom stereocenters. The Bertz CT molecular complexity index is 1240. The second-order valence-corrected chi connectivity index (χ2v) is 12.2. The standard InChI is InChI=1S/C28H35FN4OS/c1-17-12-20(18-8-10-33(11-9-18)23-15-21-5-6-22(16-23)30-21)14-25-27(17)31-28(32(25)2)19-4-7-26(35(3)34)24(29)13-19/h4,7,12-14,18,21-23,30H,5-6,8-11,15-16H2,1-3H3. The second kappa shape index (κ2) is 9.18. The van der Waals surface area contributed by atoms with Gasteiger partial charge >= 0.3 is 0 Å². The van der Waals surface area contributed by atoms with Crippen LogP contribution < -0.4 is 5.32 Å². The number of aromatic nitrogens is 2. The third-order valence-corrected chi connectivity index (χ3v) is 9.62. The fraction of sp³-hybridized carbons (Fsp3) is 0.536. The van der Waals surface area contributed by atoms with Crippen LogP contribution in [0.5, 0.6) is 0 Å². The van der Waals surface area contributed by atoms with Crippen LogP contribution in [0.15, 0.2) is 35.2 Å². The number of likely N-dealkylation sites (tertiary alicyclic amines) is 1. The summed E-state index contributed by atoms with van der Waals surface area (Å²) in [4.78, 5) is 7.88. The molecule has 0 amide bonds. The van der Waals surface area contributed by atoms with Crippen molar-refractivity contribution in [2.24, 2.45) is 7.05 Å². The Balaban J connectivity index is 1.23. The van der Waals surface area contributed by atoms with Gasteiger partial charge in [0.25, 0.3) is 0 Å². The molecular formula is C28H35FN4OS. The summed E-state index contributed by atoms with van der Waals surface area (Å²) in [5, 5.41) is 3.78. The minimum atomic E-state index is -1.35. The molecule has 4 heterocycles. The number of fused-ring (bicyclic) bond motifs is 3.